The van der Waals surface area contributed by atoms with Crippen molar-refractivity contribution in [2.24, 2.45) is 0 Å². The topological polar surface area (TPSA) is 94.2 Å². The van der Waals surface area contributed by atoms with E-state index in [1.165, 1.54) is 0 Å². The third-order valence-electron chi connectivity index (χ3n) is 3.10. The lowest BCUT2D eigenvalue weighted by molar-refractivity contribution is 0.291. The molecule has 20 heavy (non-hydrogen) atoms. The van der Waals surface area contributed by atoms with Crippen LogP contribution in [0.25, 0.3) is 0 Å². The van der Waals surface area contributed by atoms with E-state index in [4.69, 9.17) is 8.92 Å². The summed E-state index contributed by atoms with van der Waals surface area (Å²) in [6.45, 7) is 4.60. The van der Waals surface area contributed by atoms with Crippen molar-refractivity contribution in [2.75, 3.05) is 6.61 Å². The monoisotopic (exact) mass is 295 g/mol. The van der Waals surface area contributed by atoms with Gasteiger partial charge >= 0.3 is 10.1 Å². The molecule has 0 saturated heterocycles. The Kier molecular flexibility index (Phi) is 2.72. The van der Waals surface area contributed by atoms with Crippen molar-refractivity contribution in [2.45, 2.75) is 24.4 Å². The number of nitrogens with zero attached hydrogens (tertiary/aromatic N) is 2. The maximum absolute atomic E-state index is 11.9. The molecule has 1 aromatic heterocycles. The number of ether oxygens (including phenoxy) is 1. The second kappa shape index (κ2) is 4.20. The molecule has 106 valence electrons. The fourth-order valence-corrected chi connectivity index (χ4v) is 2.81. The summed E-state index contributed by atoms with van der Waals surface area (Å²) < 4.78 is 34.5. The van der Waals surface area contributed by atoms with E-state index in [9.17, 15) is 8.42 Å². The Balaban J connectivity index is 1.94. The highest BCUT2D eigenvalue weighted by Crippen LogP contribution is 2.40. The summed E-state index contributed by atoms with van der Waals surface area (Å²) in [5.41, 5.74) is 0.743. The summed E-state index contributed by atoms with van der Waals surface area (Å²) in [5, 5.41) is 5.44. The van der Waals surface area contributed by atoms with Crippen LogP contribution in [0.2, 0.25) is 0 Å². The fraction of sp³-hybridized carbons (Fsp3) is 0.333. The molecule has 0 saturated carbocycles. The number of hydrogen-bond donors (Lipinski definition) is 1. The van der Waals surface area contributed by atoms with Crippen LogP contribution in [0, 0.1) is 0 Å². The Morgan fingerprint density at radius 1 is 1.40 bits per heavy atom. The van der Waals surface area contributed by atoms with Gasteiger partial charge in [-0.05, 0) is 18.2 Å². The molecule has 7 nitrogen and oxygen atoms in total. The maximum atomic E-state index is 11.9. The van der Waals surface area contributed by atoms with Gasteiger partial charge in [0.1, 0.15) is 17.8 Å². The molecule has 0 spiro atoms. The van der Waals surface area contributed by atoms with Gasteiger partial charge in [-0.1, -0.05) is 13.8 Å². The standard InChI is InChI=1S/C12H13N3O4S/c1-12(2)6-18-10-4-3-8(5-9(10)12)19-20(16,17)11-13-7-14-15-11/h3-5,7H,6H2,1-2H3,(H,13,14,15). The predicted octanol–water partition coefficient (Wildman–Crippen LogP) is 1.24. The van der Waals surface area contributed by atoms with Gasteiger partial charge in [-0.15, -0.1) is 0 Å². The molecule has 0 radical (unpaired) electrons. The van der Waals surface area contributed by atoms with Gasteiger partial charge in [0.25, 0.3) is 5.16 Å². The van der Waals surface area contributed by atoms with Crippen molar-refractivity contribution < 1.29 is 17.3 Å². The first-order valence-corrected chi connectivity index (χ1v) is 7.36. The zero-order valence-corrected chi connectivity index (χ0v) is 11.8. The van der Waals surface area contributed by atoms with Crippen LogP contribution in [0.4, 0.5) is 0 Å². The Bertz CT molecular complexity index is 738. The van der Waals surface area contributed by atoms with Gasteiger partial charge in [-0.3, -0.25) is 0 Å². The number of aromatic nitrogens is 3. The molecule has 1 aliphatic rings. The SMILES string of the molecule is CC1(C)COc2ccc(OS(=O)(=O)c3ncn[nH]3)cc21. The summed E-state index contributed by atoms with van der Waals surface area (Å²) in [7, 11) is -3.99. The van der Waals surface area contributed by atoms with Crippen molar-refractivity contribution in [1.82, 2.24) is 15.2 Å². The molecule has 8 heteroatoms. The average molecular weight is 295 g/mol. The van der Waals surface area contributed by atoms with Crippen LogP contribution in [-0.2, 0) is 15.5 Å². The lowest BCUT2D eigenvalue weighted by Crippen LogP contribution is -2.18. The first-order valence-electron chi connectivity index (χ1n) is 5.96. The van der Waals surface area contributed by atoms with Crippen molar-refractivity contribution in [1.29, 1.82) is 0 Å². The minimum Gasteiger partial charge on any atom is -0.492 e. The van der Waals surface area contributed by atoms with Gasteiger partial charge in [0, 0.05) is 11.0 Å². The lowest BCUT2D eigenvalue weighted by Gasteiger charge is -2.15. The molecule has 1 aromatic carbocycles. The molecule has 2 heterocycles. The molecule has 0 amide bonds. The van der Waals surface area contributed by atoms with Crippen LogP contribution in [0.5, 0.6) is 11.5 Å². The average Bonchev–Trinajstić information content (AvgIpc) is 2.99. The van der Waals surface area contributed by atoms with Crippen molar-refractivity contribution in [3.63, 3.8) is 0 Å². The van der Waals surface area contributed by atoms with E-state index < -0.39 is 10.1 Å². The summed E-state index contributed by atoms with van der Waals surface area (Å²) in [4.78, 5) is 3.58. The molecule has 0 bridgehead atoms. The van der Waals surface area contributed by atoms with Crippen LogP contribution in [-0.4, -0.2) is 30.2 Å². The van der Waals surface area contributed by atoms with E-state index in [2.05, 4.69) is 15.2 Å². The summed E-state index contributed by atoms with van der Waals surface area (Å²) in [6, 6.07) is 4.93. The Hall–Kier alpha value is -2.09. The molecule has 0 unspecified atom stereocenters. The van der Waals surface area contributed by atoms with Gasteiger partial charge in [-0.2, -0.15) is 13.5 Å². The van der Waals surface area contributed by atoms with E-state index >= 15 is 0 Å². The molecular weight excluding hydrogens is 282 g/mol. The number of nitrogens with one attached hydrogen (secondary N) is 1. The number of fused-ring (bicyclic) bond motifs is 1. The van der Waals surface area contributed by atoms with Crippen LogP contribution >= 0.6 is 0 Å². The quantitative estimate of drug-likeness (QED) is 0.856. The largest absolute Gasteiger partial charge is 0.492 e. The number of rotatable bonds is 3. The second-order valence-corrected chi connectivity index (χ2v) is 6.62. The first kappa shape index (κ1) is 12.9. The lowest BCUT2D eigenvalue weighted by atomic mass is 9.87. The fourth-order valence-electron chi connectivity index (χ4n) is 2.03. The zero-order chi connectivity index (χ0) is 14.4. The molecule has 1 aliphatic heterocycles. The molecule has 2 aromatic rings. The van der Waals surface area contributed by atoms with Crippen LogP contribution in [0.15, 0.2) is 29.7 Å². The van der Waals surface area contributed by atoms with Crippen molar-refractivity contribution in [3.8, 4) is 11.5 Å². The van der Waals surface area contributed by atoms with E-state index in [1.54, 1.807) is 18.2 Å². The minimum absolute atomic E-state index is 0.176. The molecule has 0 fully saturated rings. The highest BCUT2D eigenvalue weighted by Gasteiger charge is 2.32. The second-order valence-electron chi connectivity index (χ2n) is 5.16. The van der Waals surface area contributed by atoms with E-state index in [0.29, 0.717) is 6.61 Å². The third kappa shape index (κ3) is 2.11. The van der Waals surface area contributed by atoms with Gasteiger partial charge in [-0.25, -0.2) is 10.1 Å². The van der Waals surface area contributed by atoms with Gasteiger partial charge in [0.15, 0.2) is 0 Å². The molecule has 0 atom stereocenters. The van der Waals surface area contributed by atoms with Gasteiger partial charge in [0.2, 0.25) is 0 Å². The third-order valence-corrected chi connectivity index (χ3v) is 4.19. The Morgan fingerprint density at radius 2 is 2.20 bits per heavy atom. The zero-order valence-electron chi connectivity index (χ0n) is 11.0. The van der Waals surface area contributed by atoms with Crippen LogP contribution < -0.4 is 8.92 Å². The Labute approximate surface area is 116 Å². The van der Waals surface area contributed by atoms with Crippen molar-refractivity contribution >= 4 is 10.1 Å². The van der Waals surface area contributed by atoms with E-state index in [1.807, 2.05) is 13.8 Å². The smallest absolute Gasteiger partial charge is 0.374 e. The highest BCUT2D eigenvalue weighted by atomic mass is 32.2. The van der Waals surface area contributed by atoms with Gasteiger partial charge < -0.3 is 8.92 Å². The van der Waals surface area contributed by atoms with Crippen molar-refractivity contribution in [3.05, 3.63) is 30.1 Å². The summed E-state index contributed by atoms with van der Waals surface area (Å²) in [6.07, 6.45) is 1.11. The first-order chi connectivity index (χ1) is 9.38. The number of hydrogen-bond acceptors (Lipinski definition) is 6. The molecule has 1 N–H and O–H groups in total. The Morgan fingerprint density at radius 3 is 2.90 bits per heavy atom. The maximum Gasteiger partial charge on any atom is 0.374 e. The molecular formula is C12H13N3O4S. The number of aromatic amines is 1. The van der Waals surface area contributed by atoms with E-state index in [0.717, 1.165) is 17.6 Å². The normalized spacial score (nSPS) is 16.5. The molecule has 3 rings (SSSR count). The highest BCUT2D eigenvalue weighted by molar-refractivity contribution is 7.86. The molecule has 0 aliphatic carbocycles. The predicted molar refractivity (Wildman–Crippen MR) is 69.2 cm³/mol. The van der Waals surface area contributed by atoms with E-state index in [-0.39, 0.29) is 16.3 Å². The number of benzene rings is 1. The number of H-pyrrole nitrogens is 1. The summed E-state index contributed by atoms with van der Waals surface area (Å²) >= 11 is 0. The van der Waals surface area contributed by atoms with Gasteiger partial charge in [0.05, 0.1) is 6.61 Å². The van der Waals surface area contributed by atoms with Crippen LogP contribution in [0.1, 0.15) is 19.4 Å². The minimum atomic E-state index is -3.99. The van der Waals surface area contributed by atoms with Crippen LogP contribution in [0.3, 0.4) is 0 Å². The summed E-state index contributed by atoms with van der Waals surface area (Å²) in [5.74, 6) is 0.970.